The summed E-state index contributed by atoms with van der Waals surface area (Å²) in [6.45, 7) is 0. The van der Waals surface area contributed by atoms with Crippen molar-refractivity contribution in [2.75, 3.05) is 7.11 Å². The van der Waals surface area contributed by atoms with E-state index < -0.39 is 0 Å². The molecule has 2 aromatic heterocycles. The summed E-state index contributed by atoms with van der Waals surface area (Å²) in [4.78, 5) is 11.8. The van der Waals surface area contributed by atoms with E-state index in [1.165, 1.54) is 12.8 Å². The Hall–Kier alpha value is -2.28. The van der Waals surface area contributed by atoms with E-state index in [1.54, 1.807) is 37.3 Å². The van der Waals surface area contributed by atoms with Crippen LogP contribution in [0.15, 0.2) is 45.0 Å². The number of benzene rings is 1. The quantitative estimate of drug-likeness (QED) is 0.529. The largest absolute Gasteiger partial charge is 0.497 e. The average molecular weight is 329 g/mol. The van der Waals surface area contributed by atoms with Gasteiger partial charge < -0.3 is 13.7 Å². The third-order valence-electron chi connectivity index (χ3n) is 3.87. The minimum Gasteiger partial charge on any atom is -0.497 e. The van der Waals surface area contributed by atoms with E-state index in [-0.39, 0.29) is 5.63 Å². The maximum absolute atomic E-state index is 11.8. The lowest BCUT2D eigenvalue weighted by Gasteiger charge is -2.07. The van der Waals surface area contributed by atoms with Crippen LogP contribution in [0, 0.1) is 0 Å². The van der Waals surface area contributed by atoms with Crippen molar-refractivity contribution in [3.8, 4) is 5.75 Å². The second kappa shape index (κ2) is 5.73. The van der Waals surface area contributed by atoms with Crippen molar-refractivity contribution in [2.45, 2.75) is 29.8 Å². The summed E-state index contributed by atoms with van der Waals surface area (Å²) >= 11 is 1.59. The first-order valence-corrected chi connectivity index (χ1v) is 8.36. The molecular formula is C16H15N3O3S. The number of aromatic nitrogens is 3. The second-order valence-electron chi connectivity index (χ2n) is 5.49. The van der Waals surface area contributed by atoms with Gasteiger partial charge in [0.1, 0.15) is 17.7 Å². The second-order valence-corrected chi connectivity index (χ2v) is 6.44. The van der Waals surface area contributed by atoms with Gasteiger partial charge in [-0.1, -0.05) is 11.8 Å². The summed E-state index contributed by atoms with van der Waals surface area (Å²) in [7, 11) is 1.59. The van der Waals surface area contributed by atoms with Crippen LogP contribution >= 0.6 is 11.8 Å². The van der Waals surface area contributed by atoms with Crippen molar-refractivity contribution >= 4 is 22.7 Å². The molecule has 0 unspecified atom stereocenters. The van der Waals surface area contributed by atoms with Crippen molar-refractivity contribution in [3.63, 3.8) is 0 Å². The average Bonchev–Trinajstić information content (AvgIpc) is 3.30. The van der Waals surface area contributed by atoms with Gasteiger partial charge in [0, 0.05) is 29.3 Å². The molecule has 0 saturated heterocycles. The maximum Gasteiger partial charge on any atom is 0.336 e. The van der Waals surface area contributed by atoms with Crippen LogP contribution in [-0.2, 0) is 5.75 Å². The van der Waals surface area contributed by atoms with Crippen LogP contribution in [0.5, 0.6) is 5.75 Å². The molecule has 6 nitrogen and oxygen atoms in total. The lowest BCUT2D eigenvalue weighted by Crippen LogP contribution is -2.01. The molecule has 118 valence electrons. The topological polar surface area (TPSA) is 70.2 Å². The first-order valence-electron chi connectivity index (χ1n) is 7.37. The molecule has 1 saturated carbocycles. The van der Waals surface area contributed by atoms with Gasteiger partial charge >= 0.3 is 5.63 Å². The number of nitrogens with zero attached hydrogens (tertiary/aromatic N) is 3. The van der Waals surface area contributed by atoms with Gasteiger partial charge in [-0.3, -0.25) is 0 Å². The van der Waals surface area contributed by atoms with Gasteiger partial charge in [0.15, 0.2) is 5.16 Å². The minimum atomic E-state index is -0.356. The van der Waals surface area contributed by atoms with Crippen LogP contribution in [-0.4, -0.2) is 21.9 Å². The fourth-order valence-electron chi connectivity index (χ4n) is 2.54. The Morgan fingerprint density at radius 3 is 3.04 bits per heavy atom. The zero-order valence-electron chi connectivity index (χ0n) is 12.6. The zero-order chi connectivity index (χ0) is 15.8. The molecule has 1 aromatic carbocycles. The summed E-state index contributed by atoms with van der Waals surface area (Å²) in [5.41, 5.74) is 1.11. The van der Waals surface area contributed by atoms with Crippen LogP contribution in [0.3, 0.4) is 0 Å². The van der Waals surface area contributed by atoms with Crippen molar-refractivity contribution in [3.05, 3.63) is 46.6 Å². The number of fused-ring (bicyclic) bond motifs is 1. The smallest absolute Gasteiger partial charge is 0.336 e. The lowest BCUT2D eigenvalue weighted by atomic mass is 10.1. The molecule has 7 heteroatoms. The summed E-state index contributed by atoms with van der Waals surface area (Å²) < 4.78 is 12.6. The van der Waals surface area contributed by atoms with E-state index in [0.29, 0.717) is 23.1 Å². The number of ether oxygens (including phenoxy) is 1. The molecule has 0 N–H and O–H groups in total. The summed E-state index contributed by atoms with van der Waals surface area (Å²) in [5.74, 6) is 1.30. The predicted molar refractivity (Wildman–Crippen MR) is 86.9 cm³/mol. The molecule has 0 amide bonds. The van der Waals surface area contributed by atoms with Crippen LogP contribution in [0.4, 0.5) is 0 Å². The van der Waals surface area contributed by atoms with E-state index >= 15 is 0 Å². The Morgan fingerprint density at radius 1 is 1.39 bits per heavy atom. The van der Waals surface area contributed by atoms with Crippen molar-refractivity contribution < 1.29 is 9.15 Å². The third kappa shape index (κ3) is 2.84. The molecule has 0 bridgehead atoms. The SMILES string of the molecule is COc1ccc2c(CSc3nncn3C3CC3)cc(=O)oc2c1. The lowest BCUT2D eigenvalue weighted by molar-refractivity contribution is 0.414. The molecule has 23 heavy (non-hydrogen) atoms. The molecule has 1 aliphatic carbocycles. The number of methoxy groups -OCH3 is 1. The Balaban J connectivity index is 1.65. The highest BCUT2D eigenvalue weighted by Gasteiger charge is 2.26. The van der Waals surface area contributed by atoms with Crippen molar-refractivity contribution in [2.24, 2.45) is 0 Å². The van der Waals surface area contributed by atoms with Gasteiger partial charge in [0.2, 0.25) is 0 Å². The number of hydrogen-bond acceptors (Lipinski definition) is 6. The Kier molecular flexibility index (Phi) is 3.57. The van der Waals surface area contributed by atoms with Crippen LogP contribution < -0.4 is 10.4 Å². The number of thioether (sulfide) groups is 1. The van der Waals surface area contributed by atoms with Crippen LogP contribution in [0.1, 0.15) is 24.4 Å². The van der Waals surface area contributed by atoms with Crippen LogP contribution in [0.25, 0.3) is 11.0 Å². The first-order chi connectivity index (χ1) is 11.2. The van der Waals surface area contributed by atoms with Gasteiger partial charge in [0.25, 0.3) is 0 Å². The molecule has 3 aromatic rings. The van der Waals surface area contributed by atoms with E-state index in [9.17, 15) is 4.79 Å². The normalized spacial score (nSPS) is 14.3. The van der Waals surface area contributed by atoms with Gasteiger partial charge in [-0.15, -0.1) is 10.2 Å². The molecule has 4 rings (SSSR count). The highest BCUT2D eigenvalue weighted by atomic mass is 32.2. The molecule has 0 radical (unpaired) electrons. The molecule has 2 heterocycles. The van der Waals surface area contributed by atoms with Crippen LogP contribution in [0.2, 0.25) is 0 Å². The molecule has 1 aliphatic rings. The Bertz CT molecular complexity index is 914. The summed E-state index contributed by atoms with van der Waals surface area (Å²) in [6.07, 6.45) is 4.15. The van der Waals surface area contributed by atoms with Gasteiger partial charge in [-0.25, -0.2) is 4.79 Å². The standard InChI is InChI=1S/C16H15N3O3S/c1-21-12-4-5-13-10(6-15(20)22-14(13)7-12)8-23-16-18-17-9-19(16)11-2-3-11/h4-7,9,11H,2-3,8H2,1H3. The minimum absolute atomic E-state index is 0.356. The Labute approximate surface area is 136 Å². The predicted octanol–water partition coefficient (Wildman–Crippen LogP) is 3.02. The summed E-state index contributed by atoms with van der Waals surface area (Å²) in [6, 6.07) is 7.59. The summed E-state index contributed by atoms with van der Waals surface area (Å²) in [5, 5.41) is 9.97. The highest BCUT2D eigenvalue weighted by molar-refractivity contribution is 7.98. The van der Waals surface area contributed by atoms with Gasteiger partial charge in [-0.2, -0.15) is 0 Å². The highest BCUT2D eigenvalue weighted by Crippen LogP contribution is 2.38. The van der Waals surface area contributed by atoms with Crippen molar-refractivity contribution in [1.82, 2.24) is 14.8 Å². The number of hydrogen-bond donors (Lipinski definition) is 0. The van der Waals surface area contributed by atoms with E-state index in [0.717, 1.165) is 16.1 Å². The van der Waals surface area contributed by atoms with Crippen molar-refractivity contribution in [1.29, 1.82) is 0 Å². The van der Waals surface area contributed by atoms with E-state index in [1.807, 2.05) is 12.1 Å². The molecule has 0 atom stereocenters. The van der Waals surface area contributed by atoms with E-state index in [4.69, 9.17) is 9.15 Å². The fourth-order valence-corrected chi connectivity index (χ4v) is 3.51. The third-order valence-corrected chi connectivity index (χ3v) is 4.88. The fraction of sp³-hybridized carbons (Fsp3) is 0.312. The molecule has 0 spiro atoms. The zero-order valence-corrected chi connectivity index (χ0v) is 13.4. The monoisotopic (exact) mass is 329 g/mol. The molecular weight excluding hydrogens is 314 g/mol. The van der Waals surface area contributed by atoms with E-state index in [2.05, 4.69) is 14.8 Å². The Morgan fingerprint density at radius 2 is 2.26 bits per heavy atom. The molecule has 0 aliphatic heterocycles. The number of rotatable bonds is 5. The maximum atomic E-state index is 11.8. The van der Waals surface area contributed by atoms with Gasteiger partial charge in [0.05, 0.1) is 7.11 Å². The first kappa shape index (κ1) is 14.3. The van der Waals surface area contributed by atoms with Gasteiger partial charge in [-0.05, 0) is 30.5 Å². The molecule has 1 fully saturated rings.